The molecule has 0 aliphatic rings. The van der Waals surface area contributed by atoms with E-state index in [1.807, 2.05) is 0 Å². The van der Waals surface area contributed by atoms with Gasteiger partial charge in [0, 0.05) is 0 Å². The molecule has 1 nitrogen and oxygen atoms in total. The topological polar surface area (TPSA) is 17.1 Å². The van der Waals surface area contributed by atoms with Crippen LogP contribution in [0.1, 0.15) is 20.8 Å². The van der Waals surface area contributed by atoms with Crippen molar-refractivity contribution in [1.82, 2.24) is 0 Å². The Morgan fingerprint density at radius 1 is 0.571 bits per heavy atom. The van der Waals surface area contributed by atoms with Crippen LogP contribution < -0.4 is 13.2 Å². The predicted octanol–water partition coefficient (Wildman–Crippen LogP) is 4.95. The minimum absolute atomic E-state index is 0.677. The van der Waals surface area contributed by atoms with Gasteiger partial charge in [-0.2, -0.15) is 0 Å². The molecular weight excluding hydrogens is 461 g/mol. The zero-order chi connectivity index (χ0) is 20.0. The van der Waals surface area contributed by atoms with Crippen molar-refractivity contribution in [2.45, 2.75) is 36.5 Å². The molecule has 0 heterocycles. The minimum atomic E-state index is -3.50. The van der Waals surface area contributed by atoms with Gasteiger partial charge in [0.05, 0.1) is 0 Å². The van der Waals surface area contributed by atoms with Gasteiger partial charge in [-0.3, -0.25) is 0 Å². The van der Waals surface area contributed by atoms with Crippen LogP contribution in [-0.2, 0) is 0 Å². The van der Waals surface area contributed by atoms with Crippen molar-refractivity contribution in [2.75, 3.05) is 0 Å². The molecule has 0 spiro atoms. The monoisotopic (exact) mass is 494 g/mol. The molecular formula is C25H30Ge2O. The number of carbonyl (C=O) groups excluding carboxylic acids is 1. The van der Waals surface area contributed by atoms with Crippen molar-refractivity contribution in [3.05, 3.63) is 91.0 Å². The maximum absolute atomic E-state index is 14.7. The molecule has 144 valence electrons. The van der Waals surface area contributed by atoms with E-state index in [9.17, 15) is 4.79 Å². The first kappa shape index (κ1) is 21.1. The Balaban J connectivity index is 2.43. The second-order valence-corrected chi connectivity index (χ2v) is 28.2. The predicted molar refractivity (Wildman–Crippen MR) is 127 cm³/mol. The van der Waals surface area contributed by atoms with Crippen LogP contribution in [0.3, 0.4) is 0 Å². The molecule has 0 saturated heterocycles. The summed E-state index contributed by atoms with van der Waals surface area (Å²) in [4.78, 5) is 14.7. The molecule has 0 unspecified atom stereocenters. The molecule has 3 heteroatoms. The maximum atomic E-state index is 14.7. The van der Waals surface area contributed by atoms with Crippen molar-refractivity contribution in [3.8, 4) is 0 Å². The van der Waals surface area contributed by atoms with Gasteiger partial charge in [-0.05, 0) is 0 Å². The first-order valence-electron chi connectivity index (χ1n) is 10.4. The molecule has 0 saturated carbocycles. The molecule has 0 radical (unpaired) electrons. The van der Waals surface area contributed by atoms with Crippen molar-refractivity contribution in [1.29, 1.82) is 0 Å². The zero-order valence-electron chi connectivity index (χ0n) is 17.2. The van der Waals surface area contributed by atoms with Crippen LogP contribution in [0.5, 0.6) is 0 Å². The molecule has 0 fully saturated rings. The summed E-state index contributed by atoms with van der Waals surface area (Å²) in [5.41, 5.74) is 0. The first-order chi connectivity index (χ1) is 13.7. The van der Waals surface area contributed by atoms with Crippen LogP contribution in [0.25, 0.3) is 0 Å². The second-order valence-electron chi connectivity index (χ2n) is 7.52. The van der Waals surface area contributed by atoms with Crippen LogP contribution >= 0.6 is 0 Å². The number of hydrogen-bond acceptors (Lipinski definition) is 1. The van der Waals surface area contributed by atoms with Gasteiger partial charge in [-0.25, -0.2) is 0 Å². The fourth-order valence-corrected chi connectivity index (χ4v) is 38.7. The molecule has 0 atom stereocenters. The van der Waals surface area contributed by atoms with Crippen LogP contribution in [0.2, 0.25) is 15.8 Å². The molecule has 3 rings (SSSR count). The number of benzene rings is 3. The Morgan fingerprint density at radius 3 is 1.11 bits per heavy atom. The fourth-order valence-electron chi connectivity index (χ4n) is 4.59. The molecule has 3 aromatic carbocycles. The molecule has 28 heavy (non-hydrogen) atoms. The third-order valence-corrected chi connectivity index (χ3v) is 35.9. The van der Waals surface area contributed by atoms with E-state index in [2.05, 4.69) is 112 Å². The van der Waals surface area contributed by atoms with Crippen LogP contribution in [0, 0.1) is 0 Å². The van der Waals surface area contributed by atoms with Gasteiger partial charge >= 0.3 is 175 Å². The summed E-state index contributed by atoms with van der Waals surface area (Å²) in [6, 6.07) is 32.1. The standard InChI is InChI=1S/C25H30Ge2O/c1-4-26(5-2,6-3)25(28)27(22-16-10-7-11-17-22,23-18-12-8-13-19-23)24-20-14-9-15-21-24/h7-21H,4-6H2,1-3H3. The number of hydrogen-bond donors (Lipinski definition) is 0. The molecule has 0 aromatic heterocycles. The molecule has 0 aliphatic heterocycles. The third-order valence-electron chi connectivity index (χ3n) is 6.47. The first-order valence-corrected chi connectivity index (χ1v) is 20.1. The Morgan fingerprint density at radius 2 is 0.857 bits per heavy atom. The summed E-state index contributed by atoms with van der Waals surface area (Å²) in [5.74, 6) is 0. The SMILES string of the molecule is C[CH2][Ge]([CH2]C)([CH2]C)[C](=O)[Ge]([c]1ccccc1)([c]1ccccc1)[c]1ccccc1. The Labute approximate surface area is 174 Å². The van der Waals surface area contributed by atoms with Gasteiger partial charge in [-0.15, -0.1) is 0 Å². The van der Waals surface area contributed by atoms with Gasteiger partial charge in [0.25, 0.3) is 0 Å². The summed E-state index contributed by atoms with van der Waals surface area (Å²) in [6.45, 7) is 6.79. The Kier molecular flexibility index (Phi) is 7.00. The average Bonchev–Trinajstić information content (AvgIpc) is 2.78. The van der Waals surface area contributed by atoms with Crippen molar-refractivity contribution < 1.29 is 4.79 Å². The van der Waals surface area contributed by atoms with E-state index < -0.39 is 26.5 Å². The van der Waals surface area contributed by atoms with E-state index in [0.717, 1.165) is 15.8 Å². The molecule has 3 aromatic rings. The van der Waals surface area contributed by atoms with E-state index in [4.69, 9.17) is 0 Å². The number of carbonyl (C=O) groups is 1. The van der Waals surface area contributed by atoms with Crippen LogP contribution in [0.15, 0.2) is 91.0 Å². The zero-order valence-corrected chi connectivity index (χ0v) is 21.4. The van der Waals surface area contributed by atoms with E-state index >= 15 is 0 Å². The van der Waals surface area contributed by atoms with Gasteiger partial charge in [0.2, 0.25) is 0 Å². The summed E-state index contributed by atoms with van der Waals surface area (Å²) in [6.07, 6.45) is 0. The summed E-state index contributed by atoms with van der Waals surface area (Å²) < 4.78 is 4.50. The van der Waals surface area contributed by atoms with Crippen molar-refractivity contribution in [3.63, 3.8) is 0 Å². The van der Waals surface area contributed by atoms with Crippen molar-refractivity contribution >= 4 is 43.2 Å². The van der Waals surface area contributed by atoms with Gasteiger partial charge in [0.1, 0.15) is 0 Å². The quantitative estimate of drug-likeness (QED) is 0.408. The average molecular weight is 492 g/mol. The summed E-state index contributed by atoms with van der Waals surface area (Å²) >= 11 is -6.18. The Hall–Kier alpha value is -1.58. The fraction of sp³-hybridized carbons (Fsp3) is 0.240. The van der Waals surface area contributed by atoms with E-state index in [-0.39, 0.29) is 0 Å². The van der Waals surface area contributed by atoms with E-state index in [1.165, 1.54) is 13.2 Å². The summed E-state index contributed by atoms with van der Waals surface area (Å²) in [7, 11) is 0. The van der Waals surface area contributed by atoms with E-state index in [0.29, 0.717) is 3.45 Å². The normalized spacial score (nSPS) is 12.0. The van der Waals surface area contributed by atoms with Gasteiger partial charge in [0.15, 0.2) is 0 Å². The van der Waals surface area contributed by atoms with Crippen LogP contribution in [-0.4, -0.2) is 30.0 Å². The van der Waals surface area contributed by atoms with Gasteiger partial charge < -0.3 is 0 Å². The molecule has 0 aliphatic carbocycles. The molecule has 0 N–H and O–H groups in total. The number of rotatable bonds is 8. The molecule has 0 bridgehead atoms. The Bertz CT molecular complexity index is 783. The summed E-state index contributed by atoms with van der Waals surface area (Å²) in [5, 5.41) is 3.22. The van der Waals surface area contributed by atoms with Crippen molar-refractivity contribution in [2.24, 2.45) is 0 Å². The van der Waals surface area contributed by atoms with Crippen LogP contribution in [0.4, 0.5) is 4.79 Å². The second kappa shape index (κ2) is 9.28. The van der Waals surface area contributed by atoms with E-state index in [1.54, 1.807) is 0 Å². The van der Waals surface area contributed by atoms with Gasteiger partial charge in [-0.1, -0.05) is 0 Å². The third kappa shape index (κ3) is 3.55. The molecule has 0 amide bonds.